The molecule has 2 aromatic carbocycles. The molecule has 0 aliphatic carbocycles. The molecule has 26 heavy (non-hydrogen) atoms. The minimum Gasteiger partial charge on any atom is -0.496 e. The van der Waals surface area contributed by atoms with Crippen LogP contribution < -0.4 is 14.2 Å². The summed E-state index contributed by atoms with van der Waals surface area (Å²) in [5, 5.41) is 0. The highest BCUT2D eigenvalue weighted by Crippen LogP contribution is 2.28. The zero-order chi connectivity index (χ0) is 19.1. The fraction of sp³-hybridized carbons (Fsp3) is 0.286. The molecule has 0 saturated carbocycles. The number of amides is 1. The molecule has 0 aromatic heterocycles. The van der Waals surface area contributed by atoms with Gasteiger partial charge in [-0.05, 0) is 36.8 Å². The predicted octanol–water partition coefficient (Wildman–Crippen LogP) is 3.69. The monoisotopic (exact) mass is 355 g/mol. The number of carbonyl (C=O) groups excluding carboxylic acids is 1. The van der Waals surface area contributed by atoms with Gasteiger partial charge in [0.15, 0.2) is 11.5 Å². The first-order valence-corrected chi connectivity index (χ1v) is 8.27. The molecule has 0 radical (unpaired) electrons. The van der Waals surface area contributed by atoms with Crippen molar-refractivity contribution in [3.63, 3.8) is 0 Å². The van der Waals surface area contributed by atoms with Crippen LogP contribution in [-0.4, -0.2) is 39.2 Å². The Labute approximate surface area is 154 Å². The third-order valence-corrected chi connectivity index (χ3v) is 4.05. The Hall–Kier alpha value is -2.95. The van der Waals surface area contributed by atoms with Gasteiger partial charge in [-0.2, -0.15) is 0 Å². The van der Waals surface area contributed by atoms with Crippen molar-refractivity contribution in [1.29, 1.82) is 0 Å². The summed E-state index contributed by atoms with van der Waals surface area (Å²) < 4.78 is 15.9. The Morgan fingerprint density at radius 1 is 0.962 bits per heavy atom. The van der Waals surface area contributed by atoms with Crippen LogP contribution in [0, 0.1) is 6.92 Å². The molecule has 0 unspecified atom stereocenters. The van der Waals surface area contributed by atoms with Gasteiger partial charge in [0.1, 0.15) is 5.75 Å². The number of hydrogen-bond acceptors (Lipinski definition) is 4. The highest BCUT2D eigenvalue weighted by Gasteiger charge is 2.10. The Morgan fingerprint density at radius 3 is 2.27 bits per heavy atom. The maximum atomic E-state index is 12.4. The fourth-order valence-electron chi connectivity index (χ4n) is 2.62. The molecule has 5 heteroatoms. The second-order valence-electron chi connectivity index (χ2n) is 5.96. The van der Waals surface area contributed by atoms with E-state index in [4.69, 9.17) is 14.2 Å². The number of likely N-dealkylation sites (N-methyl/N-ethyl adjacent to an activating group) is 1. The van der Waals surface area contributed by atoms with Gasteiger partial charge in [0.25, 0.3) is 0 Å². The zero-order valence-electron chi connectivity index (χ0n) is 15.9. The Balaban J connectivity index is 2.09. The summed E-state index contributed by atoms with van der Waals surface area (Å²) in [4.78, 5) is 14.1. The number of ether oxygens (including phenoxy) is 3. The van der Waals surface area contributed by atoms with Gasteiger partial charge in [0.05, 0.1) is 21.3 Å². The summed E-state index contributed by atoms with van der Waals surface area (Å²) in [6, 6.07) is 11.4. The van der Waals surface area contributed by atoms with Gasteiger partial charge in [0.2, 0.25) is 5.91 Å². The molecular weight excluding hydrogens is 330 g/mol. The van der Waals surface area contributed by atoms with E-state index in [9.17, 15) is 4.79 Å². The van der Waals surface area contributed by atoms with Gasteiger partial charge in [-0.1, -0.05) is 23.8 Å². The van der Waals surface area contributed by atoms with E-state index < -0.39 is 0 Å². The highest BCUT2D eigenvalue weighted by atomic mass is 16.5. The molecule has 0 aliphatic heterocycles. The number of carbonyl (C=O) groups is 1. The summed E-state index contributed by atoms with van der Waals surface area (Å²) in [6.07, 6.45) is 3.30. The van der Waals surface area contributed by atoms with Crippen molar-refractivity contribution >= 4 is 12.0 Å². The van der Waals surface area contributed by atoms with Crippen molar-refractivity contribution in [2.75, 3.05) is 28.4 Å². The maximum absolute atomic E-state index is 12.4. The summed E-state index contributed by atoms with van der Waals surface area (Å²) in [5.41, 5.74) is 2.96. The number of methoxy groups -OCH3 is 3. The molecule has 0 fully saturated rings. The first kappa shape index (κ1) is 19.4. The number of hydrogen-bond donors (Lipinski definition) is 0. The number of benzene rings is 2. The number of rotatable bonds is 7. The molecule has 1 amide bonds. The molecule has 0 bridgehead atoms. The molecule has 2 rings (SSSR count). The molecule has 2 aromatic rings. The topological polar surface area (TPSA) is 48.0 Å². The molecule has 0 saturated heterocycles. The summed E-state index contributed by atoms with van der Waals surface area (Å²) in [7, 11) is 6.57. The lowest BCUT2D eigenvalue weighted by Crippen LogP contribution is -2.24. The molecule has 0 heterocycles. The fourth-order valence-corrected chi connectivity index (χ4v) is 2.62. The number of aryl methyl sites for hydroxylation is 1. The molecular formula is C21H25NO4. The minimum absolute atomic E-state index is 0.0941. The Kier molecular flexibility index (Phi) is 6.67. The molecule has 0 aliphatic rings. The molecule has 0 atom stereocenters. The Bertz CT molecular complexity index is 799. The van der Waals surface area contributed by atoms with E-state index in [0.29, 0.717) is 18.0 Å². The van der Waals surface area contributed by atoms with Crippen molar-refractivity contribution in [3.8, 4) is 17.2 Å². The van der Waals surface area contributed by atoms with Gasteiger partial charge < -0.3 is 19.1 Å². The Morgan fingerprint density at radius 2 is 1.62 bits per heavy atom. The van der Waals surface area contributed by atoms with Crippen molar-refractivity contribution in [1.82, 2.24) is 4.90 Å². The first-order chi connectivity index (χ1) is 12.5. The van der Waals surface area contributed by atoms with E-state index in [2.05, 4.69) is 0 Å². The van der Waals surface area contributed by atoms with Gasteiger partial charge in [-0.3, -0.25) is 4.79 Å². The zero-order valence-corrected chi connectivity index (χ0v) is 15.9. The van der Waals surface area contributed by atoms with Gasteiger partial charge in [0, 0.05) is 25.2 Å². The van der Waals surface area contributed by atoms with Crippen LogP contribution in [0.2, 0.25) is 0 Å². The van der Waals surface area contributed by atoms with Crippen molar-refractivity contribution in [2.24, 2.45) is 0 Å². The maximum Gasteiger partial charge on any atom is 0.246 e. The van der Waals surface area contributed by atoms with Crippen molar-refractivity contribution in [3.05, 3.63) is 59.2 Å². The SMILES string of the molecule is COc1ccc(C)cc1CN(C)C(=O)/C=C/c1ccc(OC)c(OC)c1. The van der Waals surface area contributed by atoms with Gasteiger partial charge >= 0.3 is 0 Å². The van der Waals surface area contributed by atoms with Crippen LogP contribution in [0.15, 0.2) is 42.5 Å². The third-order valence-electron chi connectivity index (χ3n) is 4.05. The quantitative estimate of drug-likeness (QED) is 0.711. The van der Waals surface area contributed by atoms with E-state index in [0.717, 1.165) is 22.4 Å². The van der Waals surface area contributed by atoms with E-state index in [1.54, 1.807) is 45.4 Å². The molecule has 0 spiro atoms. The van der Waals surface area contributed by atoms with Crippen LogP contribution in [-0.2, 0) is 11.3 Å². The van der Waals surface area contributed by atoms with Crippen LogP contribution in [0.25, 0.3) is 6.08 Å². The smallest absolute Gasteiger partial charge is 0.246 e. The first-order valence-electron chi connectivity index (χ1n) is 8.27. The summed E-state index contributed by atoms with van der Waals surface area (Å²) >= 11 is 0. The van der Waals surface area contributed by atoms with E-state index in [1.807, 2.05) is 43.3 Å². The van der Waals surface area contributed by atoms with Crippen molar-refractivity contribution in [2.45, 2.75) is 13.5 Å². The van der Waals surface area contributed by atoms with Crippen LogP contribution in [0.4, 0.5) is 0 Å². The minimum atomic E-state index is -0.0941. The lowest BCUT2D eigenvalue weighted by atomic mass is 10.1. The number of nitrogens with zero attached hydrogens (tertiary/aromatic N) is 1. The van der Waals surface area contributed by atoms with E-state index in [1.165, 1.54) is 0 Å². The lowest BCUT2D eigenvalue weighted by Gasteiger charge is -2.17. The van der Waals surface area contributed by atoms with Crippen LogP contribution in [0.5, 0.6) is 17.2 Å². The van der Waals surface area contributed by atoms with Gasteiger partial charge in [-0.25, -0.2) is 0 Å². The predicted molar refractivity (Wildman–Crippen MR) is 103 cm³/mol. The second-order valence-corrected chi connectivity index (χ2v) is 5.96. The molecule has 138 valence electrons. The molecule has 5 nitrogen and oxygen atoms in total. The average molecular weight is 355 g/mol. The average Bonchev–Trinajstić information content (AvgIpc) is 2.65. The third kappa shape index (κ3) is 4.79. The normalized spacial score (nSPS) is 10.7. The van der Waals surface area contributed by atoms with Crippen molar-refractivity contribution < 1.29 is 19.0 Å². The van der Waals surface area contributed by atoms with E-state index >= 15 is 0 Å². The van der Waals surface area contributed by atoms with E-state index in [-0.39, 0.29) is 5.91 Å². The second kappa shape index (κ2) is 8.94. The summed E-state index contributed by atoms with van der Waals surface area (Å²) in [6.45, 7) is 2.49. The summed E-state index contributed by atoms with van der Waals surface area (Å²) in [5.74, 6) is 1.96. The van der Waals surface area contributed by atoms with Gasteiger partial charge in [-0.15, -0.1) is 0 Å². The highest BCUT2D eigenvalue weighted by molar-refractivity contribution is 5.91. The van der Waals surface area contributed by atoms with Crippen LogP contribution >= 0.6 is 0 Å². The van der Waals surface area contributed by atoms with Crippen LogP contribution in [0.3, 0.4) is 0 Å². The molecule has 0 N–H and O–H groups in total. The largest absolute Gasteiger partial charge is 0.496 e. The lowest BCUT2D eigenvalue weighted by molar-refractivity contribution is -0.125. The standard InChI is InChI=1S/C21H25NO4/c1-15-6-9-18(24-3)17(12-15)14-22(2)21(23)11-8-16-7-10-19(25-4)20(13-16)26-5/h6-13H,14H2,1-5H3/b11-8+. The van der Waals surface area contributed by atoms with Crippen LogP contribution in [0.1, 0.15) is 16.7 Å².